The van der Waals surface area contributed by atoms with E-state index in [1.165, 1.54) is 12.1 Å². The molecule has 2 aromatic rings. The highest BCUT2D eigenvalue weighted by Crippen LogP contribution is 2.27. The Hall–Kier alpha value is -3.29. The van der Waals surface area contributed by atoms with Crippen molar-refractivity contribution >= 4 is 17.7 Å². The number of halogens is 1. The van der Waals surface area contributed by atoms with Crippen LogP contribution < -0.4 is 5.56 Å². The number of aromatic nitrogens is 1. The highest BCUT2D eigenvalue weighted by Gasteiger charge is 2.28. The van der Waals surface area contributed by atoms with Crippen LogP contribution in [-0.2, 0) is 20.7 Å². The normalized spacial score (nSPS) is 10.4. The van der Waals surface area contributed by atoms with Gasteiger partial charge in [-0.25, -0.2) is 9.18 Å². The zero-order valence-electron chi connectivity index (χ0n) is 15.8. The molecule has 0 unspecified atom stereocenters. The number of esters is 2. The van der Waals surface area contributed by atoms with Crippen LogP contribution in [0.5, 0.6) is 0 Å². The molecule has 7 nitrogen and oxygen atoms in total. The lowest BCUT2D eigenvalue weighted by Crippen LogP contribution is -2.27. The minimum atomic E-state index is -0.820. The van der Waals surface area contributed by atoms with E-state index in [2.05, 4.69) is 4.98 Å². The van der Waals surface area contributed by atoms with E-state index in [0.29, 0.717) is 5.56 Å². The van der Waals surface area contributed by atoms with E-state index in [1.807, 2.05) is 0 Å². The first-order chi connectivity index (χ1) is 13.3. The summed E-state index contributed by atoms with van der Waals surface area (Å²) in [5, 5.41) is 0. The standard InChI is InChI=1S/C20H20FNO6/c1-4-27-15(24)10-14-16(11(3)23)19(25)22-18(17(14)20(26)28-5-2)12-6-8-13(21)9-7-12/h6-9H,4-5,10H2,1-3H3,(H,22,25). The molecule has 2 rings (SSSR count). The first kappa shape index (κ1) is 21.0. The molecule has 148 valence electrons. The van der Waals surface area contributed by atoms with Crippen molar-refractivity contribution in [1.82, 2.24) is 4.98 Å². The summed E-state index contributed by atoms with van der Waals surface area (Å²) in [6.07, 6.45) is -0.463. The molecule has 1 aromatic carbocycles. The minimum absolute atomic E-state index is 0.0350. The van der Waals surface area contributed by atoms with E-state index >= 15 is 0 Å². The Labute approximate surface area is 160 Å². The van der Waals surface area contributed by atoms with Gasteiger partial charge in [-0.1, -0.05) is 0 Å². The van der Waals surface area contributed by atoms with E-state index in [4.69, 9.17) is 9.47 Å². The second kappa shape index (κ2) is 9.07. The van der Waals surface area contributed by atoms with Gasteiger partial charge in [0.15, 0.2) is 5.78 Å². The van der Waals surface area contributed by atoms with E-state index in [-0.39, 0.29) is 35.6 Å². The molecular weight excluding hydrogens is 369 g/mol. The topological polar surface area (TPSA) is 103 Å². The van der Waals surface area contributed by atoms with Crippen LogP contribution in [-0.4, -0.2) is 35.9 Å². The lowest BCUT2D eigenvalue weighted by molar-refractivity contribution is -0.142. The Kier molecular flexibility index (Phi) is 6.81. The molecule has 0 bridgehead atoms. The number of ether oxygens (including phenoxy) is 2. The number of ketones is 1. The molecule has 0 aliphatic carbocycles. The summed E-state index contributed by atoms with van der Waals surface area (Å²) in [7, 11) is 0. The average molecular weight is 389 g/mol. The highest BCUT2D eigenvalue weighted by atomic mass is 19.1. The number of carbonyl (C=O) groups is 3. The minimum Gasteiger partial charge on any atom is -0.466 e. The van der Waals surface area contributed by atoms with E-state index < -0.39 is 35.5 Å². The monoisotopic (exact) mass is 389 g/mol. The largest absolute Gasteiger partial charge is 0.466 e. The first-order valence-corrected chi connectivity index (χ1v) is 8.68. The quantitative estimate of drug-likeness (QED) is 0.577. The number of aromatic amines is 1. The van der Waals surface area contributed by atoms with Crippen LogP contribution in [0, 0.1) is 5.82 Å². The van der Waals surface area contributed by atoms with Crippen molar-refractivity contribution in [3.63, 3.8) is 0 Å². The molecule has 0 aliphatic rings. The van der Waals surface area contributed by atoms with Gasteiger partial charge in [0.1, 0.15) is 5.82 Å². The van der Waals surface area contributed by atoms with Gasteiger partial charge in [0.2, 0.25) is 0 Å². The number of carbonyl (C=O) groups excluding carboxylic acids is 3. The SMILES string of the molecule is CCOC(=O)Cc1c(C(=O)OCC)c(-c2ccc(F)cc2)[nH]c(=O)c1C(C)=O. The Morgan fingerprint density at radius 3 is 2.14 bits per heavy atom. The average Bonchev–Trinajstić information content (AvgIpc) is 2.61. The number of pyridine rings is 1. The van der Waals surface area contributed by atoms with Gasteiger partial charge < -0.3 is 14.5 Å². The molecule has 0 spiro atoms. The number of hydrogen-bond donors (Lipinski definition) is 1. The van der Waals surface area contributed by atoms with Crippen molar-refractivity contribution in [3.05, 3.63) is 57.1 Å². The van der Waals surface area contributed by atoms with Gasteiger partial charge in [-0.2, -0.15) is 0 Å². The Morgan fingerprint density at radius 1 is 1.00 bits per heavy atom. The Bertz CT molecular complexity index is 962. The smallest absolute Gasteiger partial charge is 0.340 e. The third kappa shape index (κ3) is 4.51. The van der Waals surface area contributed by atoms with Gasteiger partial charge in [0.25, 0.3) is 5.56 Å². The molecule has 0 atom stereocenters. The van der Waals surface area contributed by atoms with Crippen molar-refractivity contribution in [1.29, 1.82) is 0 Å². The Morgan fingerprint density at radius 2 is 1.61 bits per heavy atom. The predicted molar refractivity (Wildman–Crippen MR) is 98.8 cm³/mol. The molecule has 1 heterocycles. The van der Waals surface area contributed by atoms with E-state index in [0.717, 1.165) is 19.1 Å². The van der Waals surface area contributed by atoms with Crippen LogP contribution in [0.1, 0.15) is 47.1 Å². The van der Waals surface area contributed by atoms with Crippen LogP contribution in [0.3, 0.4) is 0 Å². The molecule has 0 saturated heterocycles. The van der Waals surface area contributed by atoms with Gasteiger partial charge in [-0.15, -0.1) is 0 Å². The summed E-state index contributed by atoms with van der Waals surface area (Å²) < 4.78 is 23.3. The van der Waals surface area contributed by atoms with Crippen LogP contribution in [0.4, 0.5) is 4.39 Å². The summed E-state index contributed by atoms with van der Waals surface area (Å²) in [4.78, 5) is 51.9. The number of benzene rings is 1. The fourth-order valence-electron chi connectivity index (χ4n) is 2.82. The second-order valence-electron chi connectivity index (χ2n) is 5.82. The number of H-pyrrole nitrogens is 1. The molecule has 0 fully saturated rings. The molecule has 0 radical (unpaired) electrons. The lowest BCUT2D eigenvalue weighted by atomic mass is 9.93. The third-order valence-electron chi connectivity index (χ3n) is 3.91. The fraction of sp³-hybridized carbons (Fsp3) is 0.300. The van der Waals surface area contributed by atoms with Gasteiger partial charge in [-0.3, -0.25) is 14.4 Å². The van der Waals surface area contributed by atoms with Gasteiger partial charge in [0, 0.05) is 0 Å². The van der Waals surface area contributed by atoms with Gasteiger partial charge in [-0.05, 0) is 56.2 Å². The highest BCUT2D eigenvalue weighted by molar-refractivity contribution is 6.04. The number of hydrogen-bond acceptors (Lipinski definition) is 6. The van der Waals surface area contributed by atoms with Crippen LogP contribution in [0.15, 0.2) is 29.1 Å². The van der Waals surface area contributed by atoms with Gasteiger partial charge >= 0.3 is 11.9 Å². The van der Waals surface area contributed by atoms with Crippen molar-refractivity contribution in [2.45, 2.75) is 27.2 Å². The summed E-state index contributed by atoms with van der Waals surface area (Å²) >= 11 is 0. The van der Waals surface area contributed by atoms with Crippen molar-refractivity contribution < 1.29 is 28.2 Å². The van der Waals surface area contributed by atoms with Crippen molar-refractivity contribution in [2.24, 2.45) is 0 Å². The van der Waals surface area contributed by atoms with E-state index in [9.17, 15) is 23.6 Å². The molecule has 1 N–H and O–H groups in total. The number of Topliss-reactive ketones (excluding diaryl/α,β-unsaturated/α-hetero) is 1. The molecule has 28 heavy (non-hydrogen) atoms. The summed E-state index contributed by atoms with van der Waals surface area (Å²) in [5.74, 6) is -2.64. The number of rotatable bonds is 7. The van der Waals surface area contributed by atoms with Gasteiger partial charge in [0.05, 0.1) is 36.5 Å². The van der Waals surface area contributed by atoms with Crippen LogP contribution in [0.2, 0.25) is 0 Å². The zero-order valence-corrected chi connectivity index (χ0v) is 15.8. The number of nitrogens with one attached hydrogen (secondary N) is 1. The molecular formula is C20H20FNO6. The molecule has 0 aliphatic heterocycles. The second-order valence-corrected chi connectivity index (χ2v) is 5.82. The first-order valence-electron chi connectivity index (χ1n) is 8.68. The third-order valence-corrected chi connectivity index (χ3v) is 3.91. The summed E-state index contributed by atoms with van der Waals surface area (Å²) in [6, 6.07) is 5.05. The van der Waals surface area contributed by atoms with Crippen molar-refractivity contribution in [3.8, 4) is 11.3 Å². The zero-order chi connectivity index (χ0) is 20.8. The maximum absolute atomic E-state index is 13.3. The van der Waals surface area contributed by atoms with E-state index in [1.54, 1.807) is 13.8 Å². The lowest BCUT2D eigenvalue weighted by Gasteiger charge is -2.16. The fourth-order valence-corrected chi connectivity index (χ4v) is 2.82. The maximum atomic E-state index is 13.3. The molecule has 8 heteroatoms. The molecule has 1 aromatic heterocycles. The van der Waals surface area contributed by atoms with Crippen LogP contribution in [0.25, 0.3) is 11.3 Å². The van der Waals surface area contributed by atoms with Crippen molar-refractivity contribution in [2.75, 3.05) is 13.2 Å². The van der Waals surface area contributed by atoms with Crippen LogP contribution >= 0.6 is 0 Å². The molecule has 0 amide bonds. The summed E-state index contributed by atoms with van der Waals surface area (Å²) in [5.41, 5.74) is -0.936. The maximum Gasteiger partial charge on any atom is 0.340 e. The Balaban J connectivity index is 2.84. The predicted octanol–water partition coefficient (Wildman–Crippen LogP) is 2.67. The summed E-state index contributed by atoms with van der Waals surface area (Å²) in [6.45, 7) is 4.49. The molecule has 0 saturated carbocycles.